The van der Waals surface area contributed by atoms with E-state index in [9.17, 15) is 0 Å². The van der Waals surface area contributed by atoms with Crippen molar-refractivity contribution >= 4 is 17.4 Å². The van der Waals surface area contributed by atoms with Crippen LogP contribution in [0.5, 0.6) is 0 Å². The third-order valence-corrected chi connectivity index (χ3v) is 3.25. The minimum absolute atomic E-state index is 0.524. The molecule has 0 saturated carbocycles. The Morgan fingerprint density at radius 1 is 1.32 bits per heavy atom. The number of hydrogen-bond acceptors (Lipinski definition) is 4. The van der Waals surface area contributed by atoms with Gasteiger partial charge in [-0.2, -0.15) is 0 Å². The molecule has 2 aromatic rings. The Balaban J connectivity index is 2.01. The lowest BCUT2D eigenvalue weighted by Gasteiger charge is -2.10. The number of nitrogens with one attached hydrogen (secondary N) is 1. The summed E-state index contributed by atoms with van der Waals surface area (Å²) in [7, 11) is 0. The molecular formula is C14H17ClN4. The molecule has 0 spiro atoms. The number of aryl methyl sites for hydroxylation is 1. The van der Waals surface area contributed by atoms with Crippen LogP contribution in [0, 0.1) is 6.92 Å². The fourth-order valence-electron chi connectivity index (χ4n) is 1.73. The number of halogens is 1. The van der Waals surface area contributed by atoms with Gasteiger partial charge in [0.1, 0.15) is 16.8 Å². The molecule has 1 N–H and O–H groups in total. The van der Waals surface area contributed by atoms with Gasteiger partial charge >= 0.3 is 0 Å². The van der Waals surface area contributed by atoms with Crippen LogP contribution in [0.2, 0.25) is 5.15 Å². The minimum Gasteiger partial charge on any atom is -0.369 e. The molecule has 0 aromatic carbocycles. The zero-order valence-electron chi connectivity index (χ0n) is 11.2. The zero-order chi connectivity index (χ0) is 13.7. The van der Waals surface area contributed by atoms with Crippen LogP contribution in [0.3, 0.4) is 0 Å². The largest absolute Gasteiger partial charge is 0.369 e. The number of anilines is 1. The highest BCUT2D eigenvalue weighted by Crippen LogP contribution is 2.19. The molecule has 2 aromatic heterocycles. The molecule has 5 heteroatoms. The minimum atomic E-state index is 0.524. The Bertz CT molecular complexity index is 543. The van der Waals surface area contributed by atoms with Gasteiger partial charge < -0.3 is 5.32 Å². The highest BCUT2D eigenvalue weighted by atomic mass is 35.5. The Labute approximate surface area is 118 Å². The van der Waals surface area contributed by atoms with Crippen LogP contribution in [0.4, 0.5) is 5.82 Å². The predicted molar refractivity (Wildman–Crippen MR) is 77.6 cm³/mol. The molecule has 0 aliphatic carbocycles. The molecule has 0 saturated heterocycles. The van der Waals surface area contributed by atoms with Crippen LogP contribution in [0.15, 0.2) is 24.5 Å². The number of rotatable bonds is 5. The molecule has 0 unspecified atom stereocenters. The second kappa shape index (κ2) is 6.48. The fourth-order valence-corrected chi connectivity index (χ4v) is 1.92. The van der Waals surface area contributed by atoms with E-state index >= 15 is 0 Å². The maximum absolute atomic E-state index is 6.09. The van der Waals surface area contributed by atoms with Crippen molar-refractivity contribution in [1.29, 1.82) is 0 Å². The number of hydrogen-bond donors (Lipinski definition) is 1. The molecule has 19 heavy (non-hydrogen) atoms. The highest BCUT2D eigenvalue weighted by Gasteiger charge is 2.07. The molecule has 0 radical (unpaired) electrons. The summed E-state index contributed by atoms with van der Waals surface area (Å²) in [6.45, 7) is 4.73. The van der Waals surface area contributed by atoms with E-state index in [1.54, 1.807) is 6.20 Å². The van der Waals surface area contributed by atoms with Gasteiger partial charge in [0.2, 0.25) is 0 Å². The van der Waals surface area contributed by atoms with E-state index in [-0.39, 0.29) is 0 Å². The van der Waals surface area contributed by atoms with Gasteiger partial charge in [-0.05, 0) is 25.0 Å². The van der Waals surface area contributed by atoms with E-state index < -0.39 is 0 Å². The molecule has 0 fully saturated rings. The quantitative estimate of drug-likeness (QED) is 0.853. The normalized spacial score (nSPS) is 10.5. The molecule has 0 aliphatic heterocycles. The molecule has 0 aliphatic rings. The van der Waals surface area contributed by atoms with Crippen molar-refractivity contribution in [3.63, 3.8) is 0 Å². The molecule has 4 nitrogen and oxygen atoms in total. The van der Waals surface area contributed by atoms with Crippen LogP contribution in [0.25, 0.3) is 0 Å². The van der Waals surface area contributed by atoms with Crippen molar-refractivity contribution in [2.75, 3.05) is 11.9 Å². The first-order valence-electron chi connectivity index (χ1n) is 6.36. The van der Waals surface area contributed by atoms with Gasteiger partial charge in [-0.1, -0.05) is 24.6 Å². The van der Waals surface area contributed by atoms with Crippen molar-refractivity contribution in [2.24, 2.45) is 0 Å². The number of nitrogens with zero attached hydrogens (tertiary/aromatic N) is 3. The van der Waals surface area contributed by atoms with E-state index in [0.717, 1.165) is 36.6 Å². The molecule has 0 atom stereocenters. The Morgan fingerprint density at radius 3 is 2.84 bits per heavy atom. The summed E-state index contributed by atoms with van der Waals surface area (Å²) in [5.74, 6) is 1.58. The zero-order valence-corrected chi connectivity index (χ0v) is 11.9. The fraction of sp³-hybridized carbons (Fsp3) is 0.357. The van der Waals surface area contributed by atoms with Crippen LogP contribution in [-0.2, 0) is 12.8 Å². The Kier molecular flexibility index (Phi) is 4.68. The third-order valence-electron chi connectivity index (χ3n) is 2.88. The van der Waals surface area contributed by atoms with Gasteiger partial charge in [-0.25, -0.2) is 9.97 Å². The topological polar surface area (TPSA) is 50.7 Å². The SMILES string of the molecule is CCc1nc(Cl)c(C)c(NCCc2cccnc2)n1. The van der Waals surface area contributed by atoms with Crippen LogP contribution in [-0.4, -0.2) is 21.5 Å². The summed E-state index contributed by atoms with van der Waals surface area (Å²) in [6.07, 6.45) is 5.32. The van der Waals surface area contributed by atoms with Crippen LogP contribution < -0.4 is 5.32 Å². The first kappa shape index (κ1) is 13.7. The van der Waals surface area contributed by atoms with E-state index in [0.29, 0.717) is 5.15 Å². The summed E-state index contributed by atoms with van der Waals surface area (Å²) in [5.41, 5.74) is 2.09. The second-order valence-electron chi connectivity index (χ2n) is 4.30. The molecule has 0 bridgehead atoms. The monoisotopic (exact) mass is 276 g/mol. The number of pyridine rings is 1. The summed E-state index contributed by atoms with van der Waals surface area (Å²) in [6, 6.07) is 4.00. The summed E-state index contributed by atoms with van der Waals surface area (Å²) in [5, 5.41) is 3.84. The standard InChI is InChI=1S/C14H17ClN4/c1-3-12-18-13(15)10(2)14(19-12)17-8-6-11-5-4-7-16-9-11/h4-5,7,9H,3,6,8H2,1-2H3,(H,17,18,19). The van der Waals surface area contributed by atoms with Crippen molar-refractivity contribution < 1.29 is 0 Å². The summed E-state index contributed by atoms with van der Waals surface area (Å²) >= 11 is 6.09. The average Bonchev–Trinajstić information content (AvgIpc) is 2.44. The van der Waals surface area contributed by atoms with Crippen molar-refractivity contribution in [1.82, 2.24) is 15.0 Å². The van der Waals surface area contributed by atoms with Gasteiger partial charge in [0, 0.05) is 30.9 Å². The molecule has 0 amide bonds. The average molecular weight is 277 g/mol. The lowest BCUT2D eigenvalue weighted by atomic mass is 10.2. The molecule has 100 valence electrons. The molecule has 2 rings (SSSR count). The number of aromatic nitrogens is 3. The maximum atomic E-state index is 6.09. The van der Waals surface area contributed by atoms with Crippen molar-refractivity contribution in [3.05, 3.63) is 46.6 Å². The third kappa shape index (κ3) is 3.64. The van der Waals surface area contributed by atoms with E-state index in [2.05, 4.69) is 26.3 Å². The van der Waals surface area contributed by atoms with E-state index in [1.807, 2.05) is 26.1 Å². The van der Waals surface area contributed by atoms with Gasteiger partial charge in [0.15, 0.2) is 0 Å². The predicted octanol–water partition coefficient (Wildman–Crippen LogP) is 3.05. The van der Waals surface area contributed by atoms with Crippen LogP contribution in [0.1, 0.15) is 23.9 Å². The maximum Gasteiger partial charge on any atom is 0.137 e. The van der Waals surface area contributed by atoms with Gasteiger partial charge in [-0.15, -0.1) is 0 Å². The van der Waals surface area contributed by atoms with Gasteiger partial charge in [0.25, 0.3) is 0 Å². The van der Waals surface area contributed by atoms with Crippen molar-refractivity contribution in [2.45, 2.75) is 26.7 Å². The Morgan fingerprint density at radius 2 is 2.16 bits per heavy atom. The molecular weight excluding hydrogens is 260 g/mol. The van der Waals surface area contributed by atoms with Crippen molar-refractivity contribution in [3.8, 4) is 0 Å². The smallest absolute Gasteiger partial charge is 0.137 e. The lowest BCUT2D eigenvalue weighted by Crippen LogP contribution is -2.10. The lowest BCUT2D eigenvalue weighted by molar-refractivity contribution is 0.914. The Hall–Kier alpha value is -1.68. The summed E-state index contributed by atoms with van der Waals surface area (Å²) in [4.78, 5) is 12.8. The second-order valence-corrected chi connectivity index (χ2v) is 4.65. The summed E-state index contributed by atoms with van der Waals surface area (Å²) < 4.78 is 0. The first-order chi connectivity index (χ1) is 9.20. The van der Waals surface area contributed by atoms with Gasteiger partial charge in [-0.3, -0.25) is 4.98 Å². The first-order valence-corrected chi connectivity index (χ1v) is 6.74. The van der Waals surface area contributed by atoms with E-state index in [1.165, 1.54) is 5.56 Å². The van der Waals surface area contributed by atoms with E-state index in [4.69, 9.17) is 11.6 Å². The molecule has 2 heterocycles. The van der Waals surface area contributed by atoms with Crippen LogP contribution >= 0.6 is 11.6 Å². The highest BCUT2D eigenvalue weighted by molar-refractivity contribution is 6.30. The van der Waals surface area contributed by atoms with Gasteiger partial charge in [0.05, 0.1) is 0 Å².